The summed E-state index contributed by atoms with van der Waals surface area (Å²) >= 11 is 0. The van der Waals surface area contributed by atoms with Gasteiger partial charge in [0.05, 0.1) is 18.4 Å². The molecule has 3 nitrogen and oxygen atoms in total. The minimum Gasteiger partial charge on any atom is -0.490 e. The van der Waals surface area contributed by atoms with Gasteiger partial charge in [-0.25, -0.2) is 0 Å². The van der Waals surface area contributed by atoms with Gasteiger partial charge in [0.25, 0.3) is 0 Å². The SMILES string of the molecule is CNC(c1cccc(OC2CC2)c1)c1occc1C. The summed E-state index contributed by atoms with van der Waals surface area (Å²) in [6.07, 6.45) is 4.52. The van der Waals surface area contributed by atoms with Crippen molar-refractivity contribution in [2.75, 3.05) is 7.05 Å². The van der Waals surface area contributed by atoms with Crippen LogP contribution in [0, 0.1) is 6.92 Å². The Morgan fingerprint density at radius 3 is 2.79 bits per heavy atom. The average molecular weight is 257 g/mol. The minimum absolute atomic E-state index is 0.0674. The molecule has 100 valence electrons. The maximum atomic E-state index is 5.85. The van der Waals surface area contributed by atoms with Crippen LogP contribution in [0.1, 0.15) is 35.8 Å². The van der Waals surface area contributed by atoms with Crippen LogP contribution in [0.15, 0.2) is 41.0 Å². The third kappa shape index (κ3) is 2.66. The Balaban J connectivity index is 1.88. The number of hydrogen-bond donors (Lipinski definition) is 1. The van der Waals surface area contributed by atoms with E-state index in [2.05, 4.69) is 24.4 Å². The zero-order valence-electron chi connectivity index (χ0n) is 11.3. The number of ether oxygens (including phenoxy) is 1. The highest BCUT2D eigenvalue weighted by molar-refractivity contribution is 5.36. The molecule has 0 saturated heterocycles. The van der Waals surface area contributed by atoms with Crippen molar-refractivity contribution >= 4 is 0 Å². The lowest BCUT2D eigenvalue weighted by Gasteiger charge is -2.16. The van der Waals surface area contributed by atoms with E-state index in [0.717, 1.165) is 17.1 Å². The van der Waals surface area contributed by atoms with Gasteiger partial charge in [0.15, 0.2) is 0 Å². The van der Waals surface area contributed by atoms with Crippen molar-refractivity contribution in [2.24, 2.45) is 0 Å². The number of hydrogen-bond acceptors (Lipinski definition) is 3. The molecule has 1 saturated carbocycles. The smallest absolute Gasteiger partial charge is 0.128 e. The summed E-state index contributed by atoms with van der Waals surface area (Å²) in [5.41, 5.74) is 2.33. The predicted octanol–water partition coefficient (Wildman–Crippen LogP) is 3.44. The molecule has 1 heterocycles. The van der Waals surface area contributed by atoms with Crippen molar-refractivity contribution in [3.63, 3.8) is 0 Å². The van der Waals surface area contributed by atoms with Crippen LogP contribution in [-0.4, -0.2) is 13.2 Å². The van der Waals surface area contributed by atoms with Crippen LogP contribution in [-0.2, 0) is 0 Å². The van der Waals surface area contributed by atoms with E-state index in [1.807, 2.05) is 25.2 Å². The molecule has 1 atom stereocenters. The molecule has 1 unspecified atom stereocenters. The van der Waals surface area contributed by atoms with E-state index >= 15 is 0 Å². The Morgan fingerprint density at radius 2 is 2.16 bits per heavy atom. The third-order valence-electron chi connectivity index (χ3n) is 3.47. The molecule has 0 amide bonds. The molecule has 0 aliphatic heterocycles. The number of nitrogens with one attached hydrogen (secondary N) is 1. The van der Waals surface area contributed by atoms with Gasteiger partial charge in [0.2, 0.25) is 0 Å². The zero-order chi connectivity index (χ0) is 13.2. The van der Waals surface area contributed by atoms with E-state index in [4.69, 9.17) is 9.15 Å². The van der Waals surface area contributed by atoms with Gasteiger partial charge in [0, 0.05) is 0 Å². The van der Waals surface area contributed by atoms with Crippen LogP contribution < -0.4 is 10.1 Å². The molecule has 0 radical (unpaired) electrons. The molecule has 0 bridgehead atoms. The zero-order valence-corrected chi connectivity index (χ0v) is 11.3. The van der Waals surface area contributed by atoms with Crippen LogP contribution in [0.4, 0.5) is 0 Å². The molecule has 19 heavy (non-hydrogen) atoms. The molecular weight excluding hydrogens is 238 g/mol. The summed E-state index contributed by atoms with van der Waals surface area (Å²) < 4.78 is 11.5. The first-order valence-corrected chi connectivity index (χ1v) is 6.76. The second-order valence-electron chi connectivity index (χ2n) is 5.08. The summed E-state index contributed by atoms with van der Waals surface area (Å²) in [5.74, 6) is 1.91. The standard InChI is InChI=1S/C16H19NO2/c1-11-8-9-18-16(11)15(17-2)12-4-3-5-14(10-12)19-13-6-7-13/h3-5,8-10,13,15,17H,6-7H2,1-2H3. The molecule has 1 aromatic carbocycles. The Morgan fingerprint density at radius 1 is 1.32 bits per heavy atom. The summed E-state index contributed by atoms with van der Waals surface area (Å²) in [5, 5.41) is 3.31. The molecule has 3 rings (SSSR count). The molecule has 1 aromatic heterocycles. The number of aryl methyl sites for hydroxylation is 1. The fourth-order valence-electron chi connectivity index (χ4n) is 2.28. The van der Waals surface area contributed by atoms with Crippen molar-refractivity contribution < 1.29 is 9.15 Å². The second kappa shape index (κ2) is 5.10. The first kappa shape index (κ1) is 12.3. The first-order valence-electron chi connectivity index (χ1n) is 6.76. The molecule has 1 N–H and O–H groups in total. The van der Waals surface area contributed by atoms with E-state index in [1.165, 1.54) is 18.4 Å². The quantitative estimate of drug-likeness (QED) is 0.891. The molecule has 1 aliphatic rings. The maximum absolute atomic E-state index is 5.85. The van der Waals surface area contributed by atoms with E-state index in [9.17, 15) is 0 Å². The topological polar surface area (TPSA) is 34.4 Å². The van der Waals surface area contributed by atoms with Crippen LogP contribution >= 0.6 is 0 Å². The predicted molar refractivity (Wildman–Crippen MR) is 74.4 cm³/mol. The van der Waals surface area contributed by atoms with Gasteiger partial charge < -0.3 is 14.5 Å². The highest BCUT2D eigenvalue weighted by Crippen LogP contribution is 2.31. The highest BCUT2D eigenvalue weighted by Gasteiger charge is 2.24. The van der Waals surface area contributed by atoms with Gasteiger partial charge >= 0.3 is 0 Å². The summed E-state index contributed by atoms with van der Waals surface area (Å²) in [4.78, 5) is 0. The number of furan rings is 1. The summed E-state index contributed by atoms with van der Waals surface area (Å²) in [6.45, 7) is 2.06. The monoisotopic (exact) mass is 257 g/mol. The van der Waals surface area contributed by atoms with E-state index in [0.29, 0.717) is 6.10 Å². The van der Waals surface area contributed by atoms with Gasteiger partial charge in [-0.1, -0.05) is 12.1 Å². The number of rotatable bonds is 5. The highest BCUT2D eigenvalue weighted by atomic mass is 16.5. The van der Waals surface area contributed by atoms with E-state index in [1.54, 1.807) is 6.26 Å². The lowest BCUT2D eigenvalue weighted by atomic mass is 10.0. The normalized spacial score (nSPS) is 16.3. The van der Waals surface area contributed by atoms with Gasteiger partial charge in [-0.15, -0.1) is 0 Å². The fourth-order valence-corrected chi connectivity index (χ4v) is 2.28. The molecular formula is C16H19NO2. The molecule has 1 fully saturated rings. The molecule has 3 heteroatoms. The van der Waals surface area contributed by atoms with Crippen molar-refractivity contribution in [1.82, 2.24) is 5.32 Å². The van der Waals surface area contributed by atoms with Crippen LogP contribution in [0.2, 0.25) is 0 Å². The minimum atomic E-state index is 0.0674. The van der Waals surface area contributed by atoms with E-state index < -0.39 is 0 Å². The average Bonchev–Trinajstić information content (AvgIpc) is 3.13. The van der Waals surface area contributed by atoms with E-state index in [-0.39, 0.29) is 6.04 Å². The van der Waals surface area contributed by atoms with Crippen molar-refractivity contribution in [1.29, 1.82) is 0 Å². The number of benzene rings is 1. The Bertz CT molecular complexity index is 557. The van der Waals surface area contributed by atoms with Crippen LogP contribution in [0.5, 0.6) is 5.75 Å². The summed E-state index contributed by atoms with van der Waals surface area (Å²) in [7, 11) is 1.95. The van der Waals surface area contributed by atoms with Gasteiger partial charge in [-0.3, -0.25) is 0 Å². The molecule has 2 aromatic rings. The van der Waals surface area contributed by atoms with Gasteiger partial charge in [-0.05, 0) is 56.1 Å². The second-order valence-corrected chi connectivity index (χ2v) is 5.08. The lowest BCUT2D eigenvalue weighted by Crippen LogP contribution is -2.18. The summed E-state index contributed by atoms with van der Waals surface area (Å²) in [6, 6.07) is 10.3. The third-order valence-corrected chi connectivity index (χ3v) is 3.47. The van der Waals surface area contributed by atoms with Crippen molar-refractivity contribution in [3.8, 4) is 5.75 Å². The fraction of sp³-hybridized carbons (Fsp3) is 0.375. The Kier molecular flexibility index (Phi) is 3.30. The Labute approximate surface area is 113 Å². The molecule has 0 spiro atoms. The largest absolute Gasteiger partial charge is 0.490 e. The van der Waals surface area contributed by atoms with Crippen LogP contribution in [0.3, 0.4) is 0 Å². The van der Waals surface area contributed by atoms with Crippen molar-refractivity contribution in [3.05, 3.63) is 53.5 Å². The molecule has 1 aliphatic carbocycles. The van der Waals surface area contributed by atoms with Crippen molar-refractivity contribution in [2.45, 2.75) is 31.9 Å². The Hall–Kier alpha value is -1.74. The first-order chi connectivity index (χ1) is 9.28. The maximum Gasteiger partial charge on any atom is 0.128 e. The van der Waals surface area contributed by atoms with Gasteiger partial charge in [-0.2, -0.15) is 0 Å². The van der Waals surface area contributed by atoms with Gasteiger partial charge in [0.1, 0.15) is 11.5 Å². The lowest BCUT2D eigenvalue weighted by molar-refractivity contribution is 0.302. The van der Waals surface area contributed by atoms with Crippen LogP contribution in [0.25, 0.3) is 0 Å².